The fourth-order valence-corrected chi connectivity index (χ4v) is 1.26. The maximum absolute atomic E-state index is 11.6. The first kappa shape index (κ1) is 11.3. The van der Waals surface area contributed by atoms with Crippen LogP contribution in [0.25, 0.3) is 0 Å². The number of terminal acetylenes is 1. The van der Waals surface area contributed by atoms with Crippen molar-refractivity contribution < 1.29 is 9.53 Å². The van der Waals surface area contributed by atoms with Crippen molar-refractivity contribution in [2.45, 2.75) is 26.2 Å². The molecule has 0 atom stereocenters. The Labute approximate surface area is 90.3 Å². The normalized spacial score (nSPS) is 9.33. The Hall–Kier alpha value is -1.75. The van der Waals surface area contributed by atoms with E-state index in [2.05, 4.69) is 13.0 Å². The smallest absolute Gasteiger partial charge is 0.162 e. The van der Waals surface area contributed by atoms with Gasteiger partial charge in [0.2, 0.25) is 0 Å². The van der Waals surface area contributed by atoms with Gasteiger partial charge in [-0.1, -0.05) is 19.8 Å². The maximum Gasteiger partial charge on any atom is 0.162 e. The van der Waals surface area contributed by atoms with E-state index in [1.54, 1.807) is 24.3 Å². The van der Waals surface area contributed by atoms with Crippen molar-refractivity contribution in [3.63, 3.8) is 0 Å². The highest BCUT2D eigenvalue weighted by molar-refractivity contribution is 5.96. The summed E-state index contributed by atoms with van der Waals surface area (Å²) in [6, 6.07) is 6.90. The predicted octanol–water partition coefficient (Wildman–Crippen LogP) is 3.03. The molecule has 0 saturated heterocycles. The molecule has 2 heteroatoms. The number of ether oxygens (including phenoxy) is 1. The first-order valence-electron chi connectivity index (χ1n) is 5.03. The van der Waals surface area contributed by atoms with E-state index in [0.717, 1.165) is 12.8 Å². The number of unbranched alkanes of at least 4 members (excludes halogenated alkanes) is 1. The lowest BCUT2D eigenvalue weighted by Gasteiger charge is -2.01. The average molecular weight is 202 g/mol. The Bertz CT molecular complexity index is 357. The fraction of sp³-hybridized carbons (Fsp3) is 0.308. The van der Waals surface area contributed by atoms with Gasteiger partial charge >= 0.3 is 0 Å². The number of carbonyl (C=O) groups excluding carboxylic acids is 1. The summed E-state index contributed by atoms with van der Waals surface area (Å²) in [5.74, 6) is 0.758. The summed E-state index contributed by atoms with van der Waals surface area (Å²) in [5.41, 5.74) is 0.716. The molecule has 0 bridgehead atoms. The summed E-state index contributed by atoms with van der Waals surface area (Å²) in [6.07, 6.45) is 9.63. The van der Waals surface area contributed by atoms with E-state index in [4.69, 9.17) is 11.2 Å². The number of hydrogen-bond acceptors (Lipinski definition) is 2. The van der Waals surface area contributed by atoms with Gasteiger partial charge in [0.05, 0.1) is 0 Å². The number of benzene rings is 1. The number of rotatable bonds is 5. The molecule has 0 N–H and O–H groups in total. The average Bonchev–Trinajstić information content (AvgIpc) is 2.27. The number of carbonyl (C=O) groups is 1. The molecule has 15 heavy (non-hydrogen) atoms. The second-order valence-electron chi connectivity index (χ2n) is 3.27. The zero-order chi connectivity index (χ0) is 11.1. The van der Waals surface area contributed by atoms with Crippen LogP contribution in [0.5, 0.6) is 5.75 Å². The van der Waals surface area contributed by atoms with Crippen LogP contribution in [0.4, 0.5) is 0 Å². The minimum atomic E-state index is 0.170. The highest BCUT2D eigenvalue weighted by Crippen LogP contribution is 2.13. The summed E-state index contributed by atoms with van der Waals surface area (Å²) in [4.78, 5) is 11.6. The summed E-state index contributed by atoms with van der Waals surface area (Å²) >= 11 is 0. The molecule has 0 aliphatic rings. The van der Waals surface area contributed by atoms with E-state index < -0.39 is 0 Å². The van der Waals surface area contributed by atoms with Crippen molar-refractivity contribution in [1.82, 2.24) is 0 Å². The van der Waals surface area contributed by atoms with Gasteiger partial charge in [0, 0.05) is 12.0 Å². The van der Waals surface area contributed by atoms with E-state index in [0.29, 0.717) is 17.7 Å². The molecule has 2 nitrogen and oxygen atoms in total. The summed E-state index contributed by atoms with van der Waals surface area (Å²) in [7, 11) is 0. The monoisotopic (exact) mass is 202 g/mol. The molecule has 0 unspecified atom stereocenters. The Balaban J connectivity index is 2.63. The van der Waals surface area contributed by atoms with Crippen molar-refractivity contribution in [3.8, 4) is 18.3 Å². The van der Waals surface area contributed by atoms with Crippen LogP contribution in [0, 0.1) is 12.5 Å². The van der Waals surface area contributed by atoms with Crippen molar-refractivity contribution in [2.75, 3.05) is 0 Å². The van der Waals surface area contributed by atoms with Gasteiger partial charge < -0.3 is 4.74 Å². The number of hydrogen-bond donors (Lipinski definition) is 0. The van der Waals surface area contributed by atoms with Gasteiger partial charge in [-0.3, -0.25) is 4.79 Å². The lowest BCUT2D eigenvalue weighted by molar-refractivity contribution is 0.0980. The van der Waals surface area contributed by atoms with Gasteiger partial charge in [0.15, 0.2) is 5.78 Å². The topological polar surface area (TPSA) is 26.3 Å². The standard InChI is InChI=1S/C13H14O2/c1-3-5-6-13(14)11-7-9-12(10-8-11)15-4-2/h2,7-10H,3,5-6H2,1H3. The number of ketones is 1. The van der Waals surface area contributed by atoms with Crippen molar-refractivity contribution in [2.24, 2.45) is 0 Å². The van der Waals surface area contributed by atoms with Crippen LogP contribution < -0.4 is 4.74 Å². The summed E-state index contributed by atoms with van der Waals surface area (Å²) in [6.45, 7) is 2.07. The highest BCUT2D eigenvalue weighted by Gasteiger charge is 2.04. The first-order chi connectivity index (χ1) is 7.27. The van der Waals surface area contributed by atoms with Crippen LogP contribution in [-0.4, -0.2) is 5.78 Å². The van der Waals surface area contributed by atoms with E-state index >= 15 is 0 Å². The first-order valence-corrected chi connectivity index (χ1v) is 5.03. The SMILES string of the molecule is C#COc1ccc(C(=O)CCCC)cc1. The molecular formula is C13H14O2. The molecule has 78 valence electrons. The van der Waals surface area contributed by atoms with Crippen molar-refractivity contribution in [3.05, 3.63) is 29.8 Å². The van der Waals surface area contributed by atoms with Gasteiger partial charge in [-0.2, -0.15) is 0 Å². The Morgan fingerprint density at radius 2 is 2.07 bits per heavy atom. The fourth-order valence-electron chi connectivity index (χ4n) is 1.26. The van der Waals surface area contributed by atoms with Gasteiger partial charge in [-0.05, 0) is 30.7 Å². The van der Waals surface area contributed by atoms with E-state index in [-0.39, 0.29) is 5.78 Å². The molecular weight excluding hydrogens is 188 g/mol. The third-order valence-electron chi connectivity index (χ3n) is 2.11. The van der Waals surface area contributed by atoms with E-state index in [9.17, 15) is 4.79 Å². The van der Waals surface area contributed by atoms with Gasteiger partial charge in [-0.25, -0.2) is 0 Å². The van der Waals surface area contributed by atoms with E-state index in [1.807, 2.05) is 0 Å². The molecule has 1 rings (SSSR count). The molecule has 0 aliphatic carbocycles. The Kier molecular flexibility index (Phi) is 4.43. The Morgan fingerprint density at radius 3 is 2.60 bits per heavy atom. The largest absolute Gasteiger partial charge is 0.408 e. The van der Waals surface area contributed by atoms with Gasteiger partial charge in [0.1, 0.15) is 11.9 Å². The predicted molar refractivity (Wildman–Crippen MR) is 59.8 cm³/mol. The third kappa shape index (κ3) is 3.47. The van der Waals surface area contributed by atoms with Crippen molar-refractivity contribution >= 4 is 5.78 Å². The maximum atomic E-state index is 11.6. The molecule has 0 heterocycles. The number of Topliss-reactive ketones (excluding diaryl/α,β-unsaturated/α-hetero) is 1. The minimum absolute atomic E-state index is 0.170. The molecule has 0 aliphatic heterocycles. The molecule has 0 aromatic heterocycles. The van der Waals surface area contributed by atoms with Crippen LogP contribution in [-0.2, 0) is 0 Å². The second kappa shape index (κ2) is 5.87. The van der Waals surface area contributed by atoms with Crippen LogP contribution in [0.3, 0.4) is 0 Å². The lowest BCUT2D eigenvalue weighted by atomic mass is 10.1. The molecule has 0 fully saturated rings. The zero-order valence-corrected chi connectivity index (χ0v) is 8.82. The van der Waals surface area contributed by atoms with Crippen LogP contribution in [0.15, 0.2) is 24.3 Å². The van der Waals surface area contributed by atoms with Gasteiger partial charge in [-0.15, -0.1) is 0 Å². The Morgan fingerprint density at radius 1 is 1.40 bits per heavy atom. The van der Waals surface area contributed by atoms with Crippen LogP contribution in [0.1, 0.15) is 36.5 Å². The third-order valence-corrected chi connectivity index (χ3v) is 2.11. The molecule has 0 amide bonds. The zero-order valence-electron chi connectivity index (χ0n) is 8.82. The minimum Gasteiger partial charge on any atom is -0.408 e. The second-order valence-corrected chi connectivity index (χ2v) is 3.27. The quantitative estimate of drug-likeness (QED) is 0.542. The molecule has 0 saturated carbocycles. The van der Waals surface area contributed by atoms with E-state index in [1.165, 1.54) is 0 Å². The van der Waals surface area contributed by atoms with Crippen LogP contribution >= 0.6 is 0 Å². The highest BCUT2D eigenvalue weighted by atomic mass is 16.5. The summed E-state index contributed by atoms with van der Waals surface area (Å²) < 4.78 is 4.84. The molecule has 1 aromatic carbocycles. The molecule has 0 spiro atoms. The summed E-state index contributed by atoms with van der Waals surface area (Å²) in [5, 5.41) is 0. The van der Waals surface area contributed by atoms with Crippen molar-refractivity contribution in [1.29, 1.82) is 0 Å². The molecule has 1 aromatic rings. The molecule has 0 radical (unpaired) electrons. The lowest BCUT2D eigenvalue weighted by Crippen LogP contribution is -1.98. The van der Waals surface area contributed by atoms with Crippen LogP contribution in [0.2, 0.25) is 0 Å². The van der Waals surface area contributed by atoms with Gasteiger partial charge in [0.25, 0.3) is 0 Å².